The van der Waals surface area contributed by atoms with Crippen LogP contribution in [0.1, 0.15) is 43.5 Å². The first-order chi connectivity index (χ1) is 14.2. The van der Waals surface area contributed by atoms with E-state index in [1.165, 1.54) is 0 Å². The van der Waals surface area contributed by atoms with E-state index >= 15 is 0 Å². The fourth-order valence-electron chi connectivity index (χ4n) is 3.58. The predicted octanol–water partition coefficient (Wildman–Crippen LogP) is 4.15. The minimum atomic E-state index is -1.49. The van der Waals surface area contributed by atoms with Crippen molar-refractivity contribution in [1.82, 2.24) is 5.32 Å². The van der Waals surface area contributed by atoms with Crippen molar-refractivity contribution in [3.63, 3.8) is 0 Å². The maximum atomic E-state index is 13.1. The Bertz CT molecular complexity index is 911. The molecule has 3 aromatic rings. The Balaban J connectivity index is 2.17. The van der Waals surface area contributed by atoms with Crippen molar-refractivity contribution in [2.75, 3.05) is 0 Å². The molecule has 0 aromatic heterocycles. The van der Waals surface area contributed by atoms with Gasteiger partial charge in [-0.3, -0.25) is 4.79 Å². The van der Waals surface area contributed by atoms with Gasteiger partial charge in [0, 0.05) is 0 Å². The molecule has 3 rings (SSSR count). The monoisotopic (exact) mass is 402 g/mol. The number of hydrogen-bond acceptors (Lipinski definition) is 3. The summed E-state index contributed by atoms with van der Waals surface area (Å²) in [6.07, 6.45) is 0. The molecular formula is C26H30N2O2. The van der Waals surface area contributed by atoms with Gasteiger partial charge in [0.1, 0.15) is 5.60 Å². The van der Waals surface area contributed by atoms with Gasteiger partial charge in [-0.15, -0.1) is 0 Å². The zero-order valence-electron chi connectivity index (χ0n) is 17.7. The topological polar surface area (TPSA) is 75.4 Å². The second-order valence-corrected chi connectivity index (χ2v) is 8.69. The lowest BCUT2D eigenvalue weighted by Gasteiger charge is -2.39. The molecule has 0 aliphatic rings. The normalized spacial score (nSPS) is 14.0. The van der Waals surface area contributed by atoms with E-state index in [2.05, 4.69) is 5.32 Å². The van der Waals surface area contributed by atoms with Crippen LogP contribution in [0.25, 0.3) is 0 Å². The van der Waals surface area contributed by atoms with Crippen LogP contribution in [0, 0.1) is 5.41 Å². The van der Waals surface area contributed by atoms with Crippen molar-refractivity contribution in [1.29, 1.82) is 0 Å². The molecule has 0 aliphatic heterocycles. The summed E-state index contributed by atoms with van der Waals surface area (Å²) in [5, 5.41) is 15.3. The van der Waals surface area contributed by atoms with Crippen molar-refractivity contribution >= 4 is 5.91 Å². The molecule has 0 fully saturated rings. The van der Waals surface area contributed by atoms with Gasteiger partial charge in [-0.05, 0) is 22.1 Å². The third kappa shape index (κ3) is 4.45. The molecule has 0 heterocycles. The maximum Gasteiger partial charge on any atom is 0.238 e. The number of carbonyl (C=O) groups excluding carboxylic acids is 1. The Kier molecular flexibility index (Phi) is 6.40. The van der Waals surface area contributed by atoms with Crippen LogP contribution in [-0.4, -0.2) is 17.1 Å². The number of hydrogen-bond donors (Lipinski definition) is 3. The first-order valence-electron chi connectivity index (χ1n) is 10.2. The highest BCUT2D eigenvalue weighted by Gasteiger charge is 2.43. The standard InChI is InChI=1S/C26H30N2O2/c1-25(2,3)22(27)24(29)28-23(19-13-7-4-8-14-19)26(30,20-15-9-5-10-16-20)21-17-11-6-12-18-21/h4-18,22-23,30H,27H2,1-3H3,(H,28,29)/t22-,23+/m1/s1. The number of nitrogens with one attached hydrogen (secondary N) is 1. The van der Waals surface area contributed by atoms with Gasteiger partial charge in [-0.2, -0.15) is 0 Å². The lowest BCUT2D eigenvalue weighted by Crippen LogP contribution is -2.53. The third-order valence-corrected chi connectivity index (χ3v) is 5.48. The highest BCUT2D eigenvalue weighted by atomic mass is 16.3. The largest absolute Gasteiger partial charge is 0.378 e. The van der Waals surface area contributed by atoms with E-state index < -0.39 is 23.1 Å². The van der Waals surface area contributed by atoms with Crippen LogP contribution in [0.3, 0.4) is 0 Å². The van der Waals surface area contributed by atoms with Crippen LogP contribution in [0.2, 0.25) is 0 Å². The number of benzene rings is 3. The van der Waals surface area contributed by atoms with E-state index in [0.717, 1.165) is 5.56 Å². The smallest absolute Gasteiger partial charge is 0.238 e. The Labute approximate surface area is 178 Å². The lowest BCUT2D eigenvalue weighted by atomic mass is 9.76. The van der Waals surface area contributed by atoms with Crippen LogP contribution < -0.4 is 11.1 Å². The number of amides is 1. The molecule has 2 atom stereocenters. The molecule has 0 spiro atoms. The van der Waals surface area contributed by atoms with Crippen LogP contribution in [0.15, 0.2) is 91.0 Å². The summed E-state index contributed by atoms with van der Waals surface area (Å²) in [6, 6.07) is 26.9. The summed E-state index contributed by atoms with van der Waals surface area (Å²) >= 11 is 0. The van der Waals surface area contributed by atoms with Gasteiger partial charge in [0.05, 0.1) is 12.1 Å². The fourth-order valence-corrected chi connectivity index (χ4v) is 3.58. The van der Waals surface area contributed by atoms with Crippen molar-refractivity contribution in [3.05, 3.63) is 108 Å². The Morgan fingerprint density at radius 3 is 1.60 bits per heavy atom. The van der Waals surface area contributed by atoms with Crippen molar-refractivity contribution < 1.29 is 9.90 Å². The van der Waals surface area contributed by atoms with Crippen molar-refractivity contribution in [3.8, 4) is 0 Å². The fraction of sp³-hybridized carbons (Fsp3) is 0.269. The molecule has 0 saturated carbocycles. The van der Waals surface area contributed by atoms with Gasteiger partial charge < -0.3 is 16.2 Å². The minimum absolute atomic E-state index is 0.304. The summed E-state index contributed by atoms with van der Waals surface area (Å²) in [7, 11) is 0. The molecule has 0 bridgehead atoms. The number of aliphatic hydroxyl groups is 1. The van der Waals surface area contributed by atoms with Crippen LogP contribution in [0.4, 0.5) is 0 Å². The predicted molar refractivity (Wildman–Crippen MR) is 121 cm³/mol. The van der Waals surface area contributed by atoms with E-state index in [4.69, 9.17) is 5.73 Å². The number of carbonyl (C=O) groups is 1. The van der Waals surface area contributed by atoms with E-state index in [-0.39, 0.29) is 5.91 Å². The van der Waals surface area contributed by atoms with Crippen molar-refractivity contribution in [2.24, 2.45) is 11.1 Å². The zero-order valence-corrected chi connectivity index (χ0v) is 17.7. The van der Waals surface area contributed by atoms with Crippen LogP contribution >= 0.6 is 0 Å². The highest BCUT2D eigenvalue weighted by molar-refractivity contribution is 5.83. The molecule has 0 radical (unpaired) electrons. The van der Waals surface area contributed by atoms with E-state index in [1.807, 2.05) is 112 Å². The van der Waals surface area contributed by atoms with Crippen LogP contribution in [0.5, 0.6) is 0 Å². The summed E-state index contributed by atoms with van der Waals surface area (Å²) in [5.74, 6) is -0.304. The average molecular weight is 403 g/mol. The first kappa shape index (κ1) is 21.8. The van der Waals surface area contributed by atoms with Gasteiger partial charge in [0.25, 0.3) is 0 Å². The zero-order chi connectivity index (χ0) is 21.8. The van der Waals surface area contributed by atoms with Gasteiger partial charge in [-0.1, -0.05) is 112 Å². The van der Waals surface area contributed by atoms with Gasteiger partial charge in [0.15, 0.2) is 0 Å². The Morgan fingerprint density at radius 2 is 1.20 bits per heavy atom. The molecule has 4 N–H and O–H groups in total. The Morgan fingerprint density at radius 1 is 0.800 bits per heavy atom. The minimum Gasteiger partial charge on any atom is -0.378 e. The second-order valence-electron chi connectivity index (χ2n) is 8.69. The molecule has 0 saturated heterocycles. The van der Waals surface area contributed by atoms with E-state index in [1.54, 1.807) is 0 Å². The summed E-state index contributed by atoms with van der Waals surface area (Å²) in [6.45, 7) is 5.78. The Hall–Kier alpha value is -2.95. The van der Waals surface area contributed by atoms with Gasteiger partial charge >= 0.3 is 0 Å². The summed E-state index contributed by atoms with van der Waals surface area (Å²) in [5.41, 5.74) is 6.52. The second kappa shape index (κ2) is 8.82. The first-order valence-corrected chi connectivity index (χ1v) is 10.2. The maximum absolute atomic E-state index is 13.1. The summed E-state index contributed by atoms with van der Waals surface area (Å²) < 4.78 is 0. The molecule has 156 valence electrons. The molecular weight excluding hydrogens is 372 g/mol. The molecule has 3 aromatic carbocycles. The van der Waals surface area contributed by atoms with Gasteiger partial charge in [0.2, 0.25) is 5.91 Å². The molecule has 4 nitrogen and oxygen atoms in total. The lowest BCUT2D eigenvalue weighted by molar-refractivity contribution is -0.127. The molecule has 0 aliphatic carbocycles. The van der Waals surface area contributed by atoms with Gasteiger partial charge in [-0.25, -0.2) is 0 Å². The SMILES string of the molecule is CC(C)(C)[C@H](N)C(=O)N[C@@H](c1ccccc1)C(O)(c1ccccc1)c1ccccc1. The van der Waals surface area contributed by atoms with E-state index in [9.17, 15) is 9.90 Å². The molecule has 0 unspecified atom stereocenters. The number of nitrogens with two attached hydrogens (primary N) is 1. The van der Waals surface area contributed by atoms with Crippen molar-refractivity contribution in [2.45, 2.75) is 38.5 Å². The van der Waals surface area contributed by atoms with E-state index in [0.29, 0.717) is 11.1 Å². The summed E-state index contributed by atoms with van der Waals surface area (Å²) in [4.78, 5) is 13.1. The van der Waals surface area contributed by atoms with Crippen LogP contribution in [-0.2, 0) is 10.4 Å². The molecule has 30 heavy (non-hydrogen) atoms. The molecule has 4 heteroatoms. The molecule has 1 amide bonds. The average Bonchev–Trinajstić information content (AvgIpc) is 2.77. The number of rotatable bonds is 6. The quantitative estimate of drug-likeness (QED) is 0.580. The highest BCUT2D eigenvalue weighted by Crippen LogP contribution is 2.41. The third-order valence-electron chi connectivity index (χ3n) is 5.48.